The van der Waals surface area contributed by atoms with Crippen molar-refractivity contribution < 1.29 is 4.74 Å². The van der Waals surface area contributed by atoms with Gasteiger partial charge in [0, 0.05) is 32.1 Å². The van der Waals surface area contributed by atoms with Crippen molar-refractivity contribution in [3.05, 3.63) is 18.7 Å². The number of nitrogens with two attached hydrogens (primary N) is 1. The molecule has 0 aromatic carbocycles. The zero-order chi connectivity index (χ0) is 12.5. The third-order valence-corrected chi connectivity index (χ3v) is 2.13. The first-order chi connectivity index (χ1) is 8.26. The first-order valence-electron chi connectivity index (χ1n) is 5.48. The summed E-state index contributed by atoms with van der Waals surface area (Å²) in [5, 5.41) is 3.17. The van der Waals surface area contributed by atoms with Crippen molar-refractivity contribution in [2.24, 2.45) is 10.8 Å². The molecule has 0 saturated heterocycles. The first-order valence-corrected chi connectivity index (χ1v) is 5.48. The molecule has 0 amide bonds. The zero-order valence-corrected chi connectivity index (χ0v) is 10.3. The molecule has 0 spiro atoms. The molecule has 7 nitrogen and oxygen atoms in total. The van der Waals surface area contributed by atoms with Gasteiger partial charge in [-0.3, -0.25) is 5.43 Å². The van der Waals surface area contributed by atoms with E-state index in [1.54, 1.807) is 19.6 Å². The van der Waals surface area contributed by atoms with Gasteiger partial charge >= 0.3 is 0 Å². The van der Waals surface area contributed by atoms with Crippen molar-refractivity contribution in [3.63, 3.8) is 0 Å². The molecule has 4 N–H and O–H groups in total. The molecule has 0 saturated carbocycles. The molecule has 0 aliphatic carbocycles. The summed E-state index contributed by atoms with van der Waals surface area (Å²) in [5.74, 6) is 5.94. The van der Waals surface area contributed by atoms with Crippen LogP contribution in [0.3, 0.4) is 0 Å². The standard InChI is InChI=1S/C10H20N6O/c1-9(7-16-5-3-12-8-16)14-10(15-11)13-4-6-17-2/h3,5,8-9H,4,6-7,11H2,1-2H3,(H2,13,14,15). The number of methoxy groups -OCH3 is 1. The van der Waals surface area contributed by atoms with Crippen molar-refractivity contribution in [3.8, 4) is 0 Å². The number of nitrogens with zero attached hydrogens (tertiary/aromatic N) is 3. The predicted molar refractivity (Wildman–Crippen MR) is 66.3 cm³/mol. The highest BCUT2D eigenvalue weighted by atomic mass is 16.5. The molecule has 96 valence electrons. The van der Waals surface area contributed by atoms with E-state index in [2.05, 4.69) is 20.7 Å². The van der Waals surface area contributed by atoms with Crippen LogP contribution in [0.25, 0.3) is 0 Å². The Morgan fingerprint density at radius 2 is 2.47 bits per heavy atom. The Kier molecular flexibility index (Phi) is 6.05. The monoisotopic (exact) mass is 240 g/mol. The van der Waals surface area contributed by atoms with Crippen LogP contribution in [0.4, 0.5) is 0 Å². The number of guanidine groups is 1. The summed E-state index contributed by atoms with van der Waals surface area (Å²) >= 11 is 0. The minimum Gasteiger partial charge on any atom is -0.383 e. The lowest BCUT2D eigenvalue weighted by Gasteiger charge is -2.16. The number of nitrogens with one attached hydrogen (secondary N) is 2. The highest BCUT2D eigenvalue weighted by Gasteiger charge is 2.04. The molecule has 1 aromatic rings. The first kappa shape index (κ1) is 13.5. The highest BCUT2D eigenvalue weighted by molar-refractivity contribution is 5.79. The molecule has 0 aliphatic rings. The fourth-order valence-corrected chi connectivity index (χ4v) is 1.37. The molecule has 1 aromatic heterocycles. The lowest BCUT2D eigenvalue weighted by atomic mass is 10.3. The smallest absolute Gasteiger partial charge is 0.206 e. The van der Waals surface area contributed by atoms with Gasteiger partial charge in [-0.05, 0) is 6.92 Å². The fraction of sp³-hybridized carbons (Fsp3) is 0.600. The van der Waals surface area contributed by atoms with E-state index < -0.39 is 0 Å². The molecular weight excluding hydrogens is 220 g/mol. The van der Waals surface area contributed by atoms with E-state index in [1.165, 1.54) is 0 Å². The Bertz CT molecular complexity index is 324. The molecule has 0 aliphatic heterocycles. The minimum atomic E-state index is 0.196. The van der Waals surface area contributed by atoms with Crippen molar-refractivity contribution in [1.29, 1.82) is 0 Å². The fourth-order valence-electron chi connectivity index (χ4n) is 1.37. The maximum atomic E-state index is 5.37. The molecule has 17 heavy (non-hydrogen) atoms. The number of aliphatic imine (C=N–C) groups is 1. The van der Waals surface area contributed by atoms with E-state index in [1.807, 2.05) is 17.7 Å². The van der Waals surface area contributed by atoms with E-state index in [9.17, 15) is 0 Å². The van der Waals surface area contributed by atoms with Crippen LogP contribution in [0.1, 0.15) is 6.92 Å². The normalized spacial score (nSPS) is 13.5. The highest BCUT2D eigenvalue weighted by Crippen LogP contribution is 1.91. The summed E-state index contributed by atoms with van der Waals surface area (Å²) in [6.07, 6.45) is 5.44. The Labute approximate surface area is 101 Å². The van der Waals surface area contributed by atoms with Crippen molar-refractivity contribution >= 4 is 5.96 Å². The maximum absolute atomic E-state index is 5.37. The number of hydrogen-bond donors (Lipinski definition) is 3. The number of rotatable bonds is 6. The summed E-state index contributed by atoms with van der Waals surface area (Å²) in [6.45, 7) is 3.98. The number of hydrazine groups is 1. The van der Waals surface area contributed by atoms with Gasteiger partial charge < -0.3 is 14.6 Å². The minimum absolute atomic E-state index is 0.196. The van der Waals surface area contributed by atoms with Crippen LogP contribution >= 0.6 is 0 Å². The van der Waals surface area contributed by atoms with Gasteiger partial charge in [0.1, 0.15) is 0 Å². The van der Waals surface area contributed by atoms with Crippen molar-refractivity contribution in [1.82, 2.24) is 20.3 Å². The molecule has 0 radical (unpaired) electrons. The van der Waals surface area contributed by atoms with Crippen molar-refractivity contribution in [2.45, 2.75) is 19.5 Å². The summed E-state index contributed by atoms with van der Waals surface area (Å²) in [5.41, 5.74) is 2.53. The summed E-state index contributed by atoms with van der Waals surface area (Å²) in [6, 6.07) is 0.196. The van der Waals surface area contributed by atoms with E-state index in [0.717, 1.165) is 6.54 Å². The van der Waals surface area contributed by atoms with Gasteiger partial charge in [-0.15, -0.1) is 0 Å². The lowest BCUT2D eigenvalue weighted by molar-refractivity contribution is 0.208. The van der Waals surface area contributed by atoms with Gasteiger partial charge in [-0.1, -0.05) is 0 Å². The van der Waals surface area contributed by atoms with Gasteiger partial charge in [0.05, 0.1) is 19.5 Å². The molecule has 1 rings (SSSR count). The topological polar surface area (TPSA) is 89.5 Å². The van der Waals surface area contributed by atoms with Crippen LogP contribution < -0.4 is 16.6 Å². The Morgan fingerprint density at radius 3 is 3.06 bits per heavy atom. The maximum Gasteiger partial charge on any atom is 0.206 e. The van der Waals surface area contributed by atoms with Gasteiger partial charge in [0.25, 0.3) is 0 Å². The summed E-state index contributed by atoms with van der Waals surface area (Å²) in [7, 11) is 1.64. The number of aromatic nitrogens is 2. The van der Waals surface area contributed by atoms with Gasteiger partial charge in [0.15, 0.2) is 0 Å². The molecule has 7 heteroatoms. The Morgan fingerprint density at radius 1 is 1.65 bits per heavy atom. The van der Waals surface area contributed by atoms with Crippen molar-refractivity contribution in [2.75, 3.05) is 20.3 Å². The molecule has 0 bridgehead atoms. The number of hydrogen-bond acceptors (Lipinski definition) is 4. The SMILES string of the molecule is COCCN=C(NN)NC(C)Cn1ccnc1. The summed E-state index contributed by atoms with van der Waals surface area (Å²) in [4.78, 5) is 8.20. The second-order valence-electron chi connectivity index (χ2n) is 3.67. The van der Waals surface area contributed by atoms with E-state index in [4.69, 9.17) is 10.6 Å². The van der Waals surface area contributed by atoms with Crippen LogP contribution in [0.2, 0.25) is 0 Å². The molecule has 1 atom stereocenters. The largest absolute Gasteiger partial charge is 0.383 e. The van der Waals surface area contributed by atoms with Crippen LogP contribution in [-0.2, 0) is 11.3 Å². The average molecular weight is 240 g/mol. The number of imidazole rings is 1. The molecular formula is C10H20N6O. The van der Waals surface area contributed by atoms with E-state index in [0.29, 0.717) is 19.1 Å². The average Bonchev–Trinajstić information content (AvgIpc) is 2.80. The Hall–Kier alpha value is -1.60. The van der Waals surface area contributed by atoms with Crippen LogP contribution in [-0.4, -0.2) is 41.8 Å². The third kappa shape index (κ3) is 5.32. The quantitative estimate of drug-likeness (QED) is 0.202. The van der Waals surface area contributed by atoms with E-state index in [-0.39, 0.29) is 6.04 Å². The Balaban J connectivity index is 2.36. The number of ether oxygens (including phenoxy) is 1. The lowest BCUT2D eigenvalue weighted by Crippen LogP contribution is -2.46. The second kappa shape index (κ2) is 7.64. The molecule has 1 heterocycles. The van der Waals surface area contributed by atoms with E-state index >= 15 is 0 Å². The third-order valence-electron chi connectivity index (χ3n) is 2.13. The second-order valence-corrected chi connectivity index (χ2v) is 3.67. The zero-order valence-electron chi connectivity index (χ0n) is 10.3. The molecule has 1 unspecified atom stereocenters. The van der Waals surface area contributed by atoms with Gasteiger partial charge in [-0.2, -0.15) is 0 Å². The van der Waals surface area contributed by atoms with Crippen LogP contribution in [0.5, 0.6) is 0 Å². The van der Waals surface area contributed by atoms with Gasteiger partial charge in [-0.25, -0.2) is 15.8 Å². The van der Waals surface area contributed by atoms with Crippen LogP contribution in [0, 0.1) is 0 Å². The van der Waals surface area contributed by atoms with Gasteiger partial charge in [0.2, 0.25) is 5.96 Å². The predicted octanol–water partition coefficient (Wildman–Crippen LogP) is -0.673. The molecule has 0 fully saturated rings. The van der Waals surface area contributed by atoms with Crippen LogP contribution in [0.15, 0.2) is 23.7 Å². The summed E-state index contributed by atoms with van der Waals surface area (Å²) < 4.78 is 6.90.